The number of carbonyl (C=O) groups excluding carboxylic acids is 2. The predicted molar refractivity (Wildman–Crippen MR) is 96.5 cm³/mol. The Morgan fingerprint density at radius 3 is 2.48 bits per heavy atom. The van der Waals surface area contributed by atoms with E-state index in [9.17, 15) is 9.59 Å². The third-order valence-corrected chi connectivity index (χ3v) is 4.74. The van der Waals surface area contributed by atoms with Gasteiger partial charge in [0.1, 0.15) is 5.82 Å². The first-order valence-electron chi connectivity index (χ1n) is 8.89. The van der Waals surface area contributed by atoms with Crippen LogP contribution in [0, 0.1) is 0 Å². The van der Waals surface area contributed by atoms with Gasteiger partial charge in [0, 0.05) is 32.2 Å². The molecule has 8 heteroatoms. The van der Waals surface area contributed by atoms with Crippen molar-refractivity contribution < 1.29 is 9.59 Å². The van der Waals surface area contributed by atoms with Gasteiger partial charge in [-0.2, -0.15) is 0 Å². The molecule has 1 aromatic rings. The molecule has 2 fully saturated rings. The van der Waals surface area contributed by atoms with Crippen molar-refractivity contribution in [3.8, 4) is 0 Å². The van der Waals surface area contributed by atoms with E-state index < -0.39 is 0 Å². The minimum Gasteiger partial charge on any atom is -0.369 e. The van der Waals surface area contributed by atoms with Crippen LogP contribution < -0.4 is 21.3 Å². The zero-order valence-electron chi connectivity index (χ0n) is 14.4. The average Bonchev–Trinajstić information content (AvgIpc) is 3.11. The summed E-state index contributed by atoms with van der Waals surface area (Å²) in [7, 11) is 0. The standard InChI is InChI=1S/C17H26N6O2/c18-15(24)12-22-9-5-13(6-10-22)20-17(25)21-14-3-4-16(19-11-14)23-7-1-2-8-23/h3-4,11,13H,1-2,5-10,12H2,(H2,18,24)(H2,20,21,25). The Morgan fingerprint density at radius 1 is 1.16 bits per heavy atom. The fraction of sp³-hybridized carbons (Fsp3) is 0.588. The number of hydrogen-bond donors (Lipinski definition) is 3. The Kier molecular flexibility index (Phi) is 5.70. The summed E-state index contributed by atoms with van der Waals surface area (Å²) >= 11 is 0. The maximum absolute atomic E-state index is 12.1. The molecule has 0 aromatic carbocycles. The van der Waals surface area contributed by atoms with Crippen LogP contribution in [0.4, 0.5) is 16.3 Å². The molecule has 3 amide bonds. The lowest BCUT2D eigenvalue weighted by atomic mass is 10.1. The van der Waals surface area contributed by atoms with Crippen LogP contribution in [0.25, 0.3) is 0 Å². The number of likely N-dealkylation sites (tertiary alicyclic amines) is 1. The van der Waals surface area contributed by atoms with Crippen molar-refractivity contribution in [3.05, 3.63) is 18.3 Å². The molecular formula is C17H26N6O2. The van der Waals surface area contributed by atoms with Gasteiger partial charge in [-0.15, -0.1) is 0 Å². The normalized spacial score (nSPS) is 19.0. The molecule has 25 heavy (non-hydrogen) atoms. The Labute approximate surface area is 147 Å². The molecule has 1 aromatic heterocycles. The SMILES string of the molecule is NC(=O)CN1CCC(NC(=O)Nc2ccc(N3CCCC3)nc2)CC1. The number of nitrogens with one attached hydrogen (secondary N) is 2. The number of primary amides is 1. The Hall–Kier alpha value is -2.35. The first kappa shape index (κ1) is 17.5. The van der Waals surface area contributed by atoms with Crippen LogP contribution in [-0.2, 0) is 4.79 Å². The monoisotopic (exact) mass is 346 g/mol. The molecule has 0 unspecified atom stereocenters. The van der Waals surface area contributed by atoms with Crippen LogP contribution in [0.3, 0.4) is 0 Å². The summed E-state index contributed by atoms with van der Waals surface area (Å²) in [6.07, 6.45) is 5.74. The minimum absolute atomic E-state index is 0.112. The van der Waals surface area contributed by atoms with Gasteiger partial charge in [-0.25, -0.2) is 9.78 Å². The van der Waals surface area contributed by atoms with E-state index in [1.807, 2.05) is 17.0 Å². The van der Waals surface area contributed by atoms with Gasteiger partial charge < -0.3 is 21.3 Å². The average molecular weight is 346 g/mol. The molecule has 0 bridgehead atoms. The quantitative estimate of drug-likeness (QED) is 0.730. The molecule has 3 heterocycles. The number of anilines is 2. The van der Waals surface area contributed by atoms with Gasteiger partial charge in [-0.1, -0.05) is 0 Å². The fourth-order valence-corrected chi connectivity index (χ4v) is 3.40. The number of amides is 3. The summed E-state index contributed by atoms with van der Waals surface area (Å²) in [6.45, 7) is 3.91. The van der Waals surface area contributed by atoms with E-state index in [-0.39, 0.29) is 24.5 Å². The lowest BCUT2D eigenvalue weighted by Crippen LogP contribution is -2.47. The molecule has 2 aliphatic heterocycles. The molecule has 0 spiro atoms. The Balaban J connectivity index is 1.42. The van der Waals surface area contributed by atoms with Gasteiger partial charge in [0.15, 0.2) is 0 Å². The Morgan fingerprint density at radius 2 is 1.88 bits per heavy atom. The maximum atomic E-state index is 12.1. The number of nitrogens with two attached hydrogens (primary N) is 1. The van der Waals surface area contributed by atoms with Crippen molar-refractivity contribution in [2.24, 2.45) is 5.73 Å². The second-order valence-corrected chi connectivity index (χ2v) is 6.71. The van der Waals surface area contributed by atoms with Gasteiger partial charge in [0.2, 0.25) is 5.91 Å². The van der Waals surface area contributed by atoms with E-state index in [4.69, 9.17) is 5.73 Å². The number of piperidine rings is 1. The van der Waals surface area contributed by atoms with Crippen LogP contribution in [-0.4, -0.2) is 60.6 Å². The molecule has 136 valence electrons. The molecule has 4 N–H and O–H groups in total. The topological polar surface area (TPSA) is 104 Å². The van der Waals surface area contributed by atoms with E-state index in [0.29, 0.717) is 5.69 Å². The smallest absolute Gasteiger partial charge is 0.319 e. The number of pyridine rings is 1. The van der Waals surface area contributed by atoms with E-state index in [1.165, 1.54) is 12.8 Å². The summed E-state index contributed by atoms with van der Waals surface area (Å²) in [4.78, 5) is 31.8. The largest absolute Gasteiger partial charge is 0.369 e. The molecular weight excluding hydrogens is 320 g/mol. The molecule has 0 radical (unpaired) electrons. The molecule has 2 saturated heterocycles. The number of rotatable bonds is 5. The summed E-state index contributed by atoms with van der Waals surface area (Å²) < 4.78 is 0. The van der Waals surface area contributed by atoms with Gasteiger partial charge in [0.25, 0.3) is 0 Å². The van der Waals surface area contributed by atoms with E-state index in [0.717, 1.165) is 44.8 Å². The summed E-state index contributed by atoms with van der Waals surface area (Å²) in [5.74, 6) is 0.652. The van der Waals surface area contributed by atoms with Crippen molar-refractivity contribution >= 4 is 23.4 Å². The molecule has 2 aliphatic rings. The van der Waals surface area contributed by atoms with Crippen LogP contribution in [0.5, 0.6) is 0 Å². The number of urea groups is 1. The Bertz CT molecular complexity index is 592. The van der Waals surface area contributed by atoms with Crippen LogP contribution in [0.15, 0.2) is 18.3 Å². The predicted octanol–water partition coefficient (Wildman–Crippen LogP) is 0.753. The van der Waals surface area contributed by atoms with Crippen LogP contribution >= 0.6 is 0 Å². The summed E-state index contributed by atoms with van der Waals surface area (Å²) in [5.41, 5.74) is 5.89. The third kappa shape index (κ3) is 5.06. The second kappa shape index (κ2) is 8.15. The van der Waals surface area contributed by atoms with Gasteiger partial charge >= 0.3 is 6.03 Å². The fourth-order valence-electron chi connectivity index (χ4n) is 3.40. The highest BCUT2D eigenvalue weighted by atomic mass is 16.2. The lowest BCUT2D eigenvalue weighted by Gasteiger charge is -2.31. The van der Waals surface area contributed by atoms with Crippen molar-refractivity contribution in [2.75, 3.05) is 42.9 Å². The highest BCUT2D eigenvalue weighted by Crippen LogP contribution is 2.19. The minimum atomic E-state index is -0.311. The van der Waals surface area contributed by atoms with Crippen LogP contribution in [0.2, 0.25) is 0 Å². The number of nitrogens with zero attached hydrogens (tertiary/aromatic N) is 3. The van der Waals surface area contributed by atoms with Gasteiger partial charge in [0.05, 0.1) is 18.4 Å². The van der Waals surface area contributed by atoms with Crippen molar-refractivity contribution in [1.29, 1.82) is 0 Å². The zero-order chi connectivity index (χ0) is 17.6. The highest BCUT2D eigenvalue weighted by molar-refractivity contribution is 5.89. The summed E-state index contributed by atoms with van der Waals surface area (Å²) in [6, 6.07) is 3.73. The van der Waals surface area contributed by atoms with Crippen molar-refractivity contribution in [3.63, 3.8) is 0 Å². The molecule has 3 rings (SSSR count). The molecule has 0 aliphatic carbocycles. The van der Waals surface area contributed by atoms with Gasteiger partial charge in [-0.3, -0.25) is 9.69 Å². The van der Waals surface area contributed by atoms with E-state index in [2.05, 4.69) is 20.5 Å². The lowest BCUT2D eigenvalue weighted by molar-refractivity contribution is -0.119. The van der Waals surface area contributed by atoms with Gasteiger partial charge in [-0.05, 0) is 37.8 Å². The van der Waals surface area contributed by atoms with Crippen molar-refractivity contribution in [2.45, 2.75) is 31.7 Å². The highest BCUT2D eigenvalue weighted by Gasteiger charge is 2.21. The number of hydrogen-bond acceptors (Lipinski definition) is 5. The summed E-state index contributed by atoms with van der Waals surface area (Å²) in [5, 5.41) is 5.81. The number of aromatic nitrogens is 1. The molecule has 8 nitrogen and oxygen atoms in total. The van der Waals surface area contributed by atoms with Crippen LogP contribution in [0.1, 0.15) is 25.7 Å². The second-order valence-electron chi connectivity index (χ2n) is 6.71. The molecule has 0 saturated carbocycles. The first-order valence-corrected chi connectivity index (χ1v) is 8.89. The van der Waals surface area contributed by atoms with E-state index >= 15 is 0 Å². The van der Waals surface area contributed by atoms with Crippen molar-refractivity contribution in [1.82, 2.24) is 15.2 Å². The zero-order valence-corrected chi connectivity index (χ0v) is 14.4. The number of carbonyl (C=O) groups is 2. The third-order valence-electron chi connectivity index (χ3n) is 4.74. The van der Waals surface area contributed by atoms with E-state index in [1.54, 1.807) is 6.20 Å². The first-order chi connectivity index (χ1) is 12.1. The maximum Gasteiger partial charge on any atom is 0.319 e. The molecule has 0 atom stereocenters.